The minimum Gasteiger partial charge on any atom is -0.393 e. The minimum atomic E-state index is -0.406. The summed E-state index contributed by atoms with van der Waals surface area (Å²) in [6, 6.07) is 0. The van der Waals surface area contributed by atoms with Crippen molar-refractivity contribution in [3.05, 3.63) is 28.4 Å². The van der Waals surface area contributed by atoms with E-state index >= 15 is 0 Å². The maximum atomic E-state index is 12.0. The molecular weight excluding hydrogens is 222 g/mol. The summed E-state index contributed by atoms with van der Waals surface area (Å²) in [5, 5.41) is 9.46. The van der Waals surface area contributed by atoms with E-state index in [1.807, 2.05) is 0 Å². The van der Waals surface area contributed by atoms with Crippen molar-refractivity contribution < 1.29 is 9.90 Å². The molecule has 2 heterocycles. The lowest BCUT2D eigenvalue weighted by atomic mass is 10.0. The van der Waals surface area contributed by atoms with Crippen molar-refractivity contribution in [3.8, 4) is 0 Å². The number of amides is 1. The molecule has 6 heteroatoms. The fourth-order valence-electron chi connectivity index (χ4n) is 1.99. The van der Waals surface area contributed by atoms with Gasteiger partial charge < -0.3 is 15.0 Å². The second-order valence-corrected chi connectivity index (χ2v) is 4.34. The van der Waals surface area contributed by atoms with Gasteiger partial charge in [0.2, 0.25) is 0 Å². The van der Waals surface area contributed by atoms with Crippen LogP contribution in [0.25, 0.3) is 0 Å². The molecule has 1 aliphatic heterocycles. The third-order valence-electron chi connectivity index (χ3n) is 3.09. The van der Waals surface area contributed by atoms with Gasteiger partial charge in [0.25, 0.3) is 11.5 Å². The van der Waals surface area contributed by atoms with E-state index in [0.29, 0.717) is 13.1 Å². The number of rotatable bonds is 2. The topological polar surface area (TPSA) is 86.3 Å². The van der Waals surface area contributed by atoms with Crippen molar-refractivity contribution in [1.82, 2.24) is 14.9 Å². The molecule has 2 rings (SSSR count). The average molecular weight is 237 g/mol. The molecule has 2 N–H and O–H groups in total. The summed E-state index contributed by atoms with van der Waals surface area (Å²) in [5.41, 5.74) is -0.0966. The molecule has 2 unspecified atom stereocenters. The molecule has 1 aromatic heterocycles. The molecule has 0 radical (unpaired) electrons. The van der Waals surface area contributed by atoms with Gasteiger partial charge in [-0.25, -0.2) is 4.98 Å². The standard InChI is InChI=1S/C11H15N3O3/c1-7(15)8-2-3-14(6-8)11(17)9-4-13-10(16)5-12-9/h4-5,7-8,15H,2-3,6H2,1H3,(H,13,16). The lowest BCUT2D eigenvalue weighted by molar-refractivity contribution is 0.0756. The Kier molecular flexibility index (Phi) is 3.23. The van der Waals surface area contributed by atoms with Gasteiger partial charge in [0.15, 0.2) is 0 Å². The molecule has 1 amide bonds. The first-order chi connectivity index (χ1) is 8.08. The number of H-pyrrole nitrogens is 1. The Labute approximate surface area is 98.3 Å². The highest BCUT2D eigenvalue weighted by atomic mass is 16.3. The van der Waals surface area contributed by atoms with E-state index in [0.717, 1.165) is 12.6 Å². The largest absolute Gasteiger partial charge is 0.393 e. The summed E-state index contributed by atoms with van der Waals surface area (Å²) >= 11 is 0. The van der Waals surface area contributed by atoms with Gasteiger partial charge >= 0.3 is 0 Å². The van der Waals surface area contributed by atoms with Crippen LogP contribution < -0.4 is 5.56 Å². The average Bonchev–Trinajstić information content (AvgIpc) is 2.78. The van der Waals surface area contributed by atoms with E-state index in [1.54, 1.807) is 11.8 Å². The molecule has 1 aromatic rings. The van der Waals surface area contributed by atoms with Crippen molar-refractivity contribution in [2.75, 3.05) is 13.1 Å². The minimum absolute atomic E-state index is 0.127. The van der Waals surface area contributed by atoms with Gasteiger partial charge in [-0.05, 0) is 13.3 Å². The molecule has 0 aromatic carbocycles. The van der Waals surface area contributed by atoms with Gasteiger partial charge in [-0.3, -0.25) is 9.59 Å². The van der Waals surface area contributed by atoms with Gasteiger partial charge in [0, 0.05) is 25.2 Å². The van der Waals surface area contributed by atoms with Crippen molar-refractivity contribution in [2.24, 2.45) is 5.92 Å². The van der Waals surface area contributed by atoms with Crippen LogP contribution in [-0.4, -0.2) is 45.1 Å². The zero-order chi connectivity index (χ0) is 12.4. The monoisotopic (exact) mass is 237 g/mol. The van der Waals surface area contributed by atoms with Crippen LogP contribution in [0.5, 0.6) is 0 Å². The molecule has 0 aliphatic carbocycles. The van der Waals surface area contributed by atoms with Gasteiger partial charge in [-0.1, -0.05) is 0 Å². The first kappa shape index (κ1) is 11.8. The van der Waals surface area contributed by atoms with Crippen LogP contribution in [0.2, 0.25) is 0 Å². The number of nitrogens with one attached hydrogen (secondary N) is 1. The van der Waals surface area contributed by atoms with E-state index in [1.165, 1.54) is 6.20 Å². The van der Waals surface area contributed by atoms with Crippen LogP contribution in [0.4, 0.5) is 0 Å². The van der Waals surface area contributed by atoms with Crippen LogP contribution in [0.3, 0.4) is 0 Å². The molecule has 1 saturated heterocycles. The number of aliphatic hydroxyl groups excluding tert-OH is 1. The zero-order valence-corrected chi connectivity index (χ0v) is 9.59. The van der Waals surface area contributed by atoms with Crippen LogP contribution >= 0.6 is 0 Å². The fraction of sp³-hybridized carbons (Fsp3) is 0.545. The Balaban J connectivity index is 2.07. The van der Waals surface area contributed by atoms with E-state index in [2.05, 4.69) is 9.97 Å². The summed E-state index contributed by atoms with van der Waals surface area (Å²) in [4.78, 5) is 30.7. The Morgan fingerprint density at radius 1 is 1.71 bits per heavy atom. The summed E-state index contributed by atoms with van der Waals surface area (Å²) in [6.07, 6.45) is 2.80. The van der Waals surface area contributed by atoms with E-state index in [-0.39, 0.29) is 23.1 Å². The van der Waals surface area contributed by atoms with Gasteiger partial charge in [0.1, 0.15) is 5.69 Å². The lowest BCUT2D eigenvalue weighted by Crippen LogP contribution is -2.31. The molecule has 0 saturated carbocycles. The van der Waals surface area contributed by atoms with Crippen LogP contribution in [0.1, 0.15) is 23.8 Å². The number of aromatic amines is 1. The van der Waals surface area contributed by atoms with Crippen molar-refractivity contribution in [2.45, 2.75) is 19.4 Å². The second kappa shape index (κ2) is 4.67. The molecule has 0 bridgehead atoms. The van der Waals surface area contributed by atoms with Gasteiger partial charge in [-0.2, -0.15) is 0 Å². The van der Waals surface area contributed by atoms with E-state index in [9.17, 15) is 14.7 Å². The number of aromatic nitrogens is 2. The first-order valence-electron chi connectivity index (χ1n) is 5.60. The van der Waals surface area contributed by atoms with Crippen molar-refractivity contribution >= 4 is 5.91 Å². The highest BCUT2D eigenvalue weighted by Gasteiger charge is 2.30. The fourth-order valence-corrected chi connectivity index (χ4v) is 1.99. The van der Waals surface area contributed by atoms with E-state index < -0.39 is 6.10 Å². The number of hydrogen-bond donors (Lipinski definition) is 2. The van der Waals surface area contributed by atoms with Crippen molar-refractivity contribution in [1.29, 1.82) is 0 Å². The molecule has 1 aliphatic rings. The van der Waals surface area contributed by atoms with Crippen LogP contribution in [0.15, 0.2) is 17.2 Å². The first-order valence-corrected chi connectivity index (χ1v) is 5.60. The summed E-state index contributed by atoms with van der Waals surface area (Å²) in [6.45, 7) is 2.89. The molecule has 92 valence electrons. The smallest absolute Gasteiger partial charge is 0.273 e. The number of nitrogens with zero attached hydrogens (tertiary/aromatic N) is 2. The Bertz CT molecular complexity index is 449. The maximum absolute atomic E-state index is 12.0. The number of hydrogen-bond acceptors (Lipinski definition) is 4. The van der Waals surface area contributed by atoms with Gasteiger partial charge in [0.05, 0.1) is 12.3 Å². The Morgan fingerprint density at radius 3 is 3.00 bits per heavy atom. The molecule has 6 nitrogen and oxygen atoms in total. The molecule has 17 heavy (non-hydrogen) atoms. The maximum Gasteiger partial charge on any atom is 0.273 e. The van der Waals surface area contributed by atoms with Crippen LogP contribution in [0, 0.1) is 5.92 Å². The molecule has 0 spiro atoms. The predicted molar refractivity (Wildman–Crippen MR) is 60.5 cm³/mol. The molecule has 1 fully saturated rings. The third-order valence-corrected chi connectivity index (χ3v) is 3.09. The van der Waals surface area contributed by atoms with Crippen LogP contribution in [-0.2, 0) is 0 Å². The lowest BCUT2D eigenvalue weighted by Gasteiger charge is -2.16. The number of carbonyl (C=O) groups excluding carboxylic acids is 1. The number of likely N-dealkylation sites (tertiary alicyclic amines) is 1. The summed E-state index contributed by atoms with van der Waals surface area (Å²) in [7, 11) is 0. The number of aliphatic hydroxyl groups is 1. The second-order valence-electron chi connectivity index (χ2n) is 4.34. The highest BCUT2D eigenvalue weighted by molar-refractivity contribution is 5.92. The quantitative estimate of drug-likeness (QED) is 0.733. The highest BCUT2D eigenvalue weighted by Crippen LogP contribution is 2.20. The Morgan fingerprint density at radius 2 is 2.47 bits per heavy atom. The third kappa shape index (κ3) is 2.52. The SMILES string of the molecule is CC(O)C1CCN(C(=O)c2c[nH]c(=O)cn2)C1. The van der Waals surface area contributed by atoms with E-state index in [4.69, 9.17) is 0 Å². The summed E-state index contributed by atoms with van der Waals surface area (Å²) < 4.78 is 0. The zero-order valence-electron chi connectivity index (χ0n) is 9.59. The van der Waals surface area contributed by atoms with Crippen molar-refractivity contribution in [3.63, 3.8) is 0 Å². The summed E-state index contributed by atoms with van der Waals surface area (Å²) in [5.74, 6) is -0.0777. The number of carbonyl (C=O) groups is 1. The van der Waals surface area contributed by atoms with Gasteiger partial charge in [-0.15, -0.1) is 0 Å². The molecular formula is C11H15N3O3. The predicted octanol–water partition coefficient (Wildman–Crippen LogP) is -0.387. The Hall–Kier alpha value is -1.69. The molecule has 2 atom stereocenters. The normalized spacial score (nSPS) is 21.5.